The summed E-state index contributed by atoms with van der Waals surface area (Å²) in [6, 6.07) is 5.66. The monoisotopic (exact) mass is 315 g/mol. The molecule has 0 aromatic heterocycles. The molecule has 0 spiro atoms. The first-order valence-corrected chi connectivity index (χ1v) is 7.61. The van der Waals surface area contributed by atoms with Crippen LogP contribution in [0.1, 0.15) is 51.6 Å². The van der Waals surface area contributed by atoms with E-state index in [9.17, 15) is 4.39 Å². The molecule has 1 rings (SSSR count). The average molecular weight is 316 g/mol. The van der Waals surface area contributed by atoms with E-state index in [1.165, 1.54) is 5.56 Å². The third-order valence-electron chi connectivity index (χ3n) is 3.44. The number of hydrogen-bond donors (Lipinski definition) is 1. The first kappa shape index (κ1) is 15.6. The highest BCUT2D eigenvalue weighted by Crippen LogP contribution is 2.29. The van der Waals surface area contributed by atoms with Crippen LogP contribution in [0.25, 0.3) is 0 Å². The van der Waals surface area contributed by atoms with Gasteiger partial charge in [-0.15, -0.1) is 0 Å². The highest BCUT2D eigenvalue weighted by Gasteiger charge is 2.20. The molecule has 1 nitrogen and oxygen atoms in total. The van der Waals surface area contributed by atoms with E-state index in [2.05, 4.69) is 42.0 Å². The normalized spacial score (nSPS) is 13.0. The number of benzene rings is 1. The van der Waals surface area contributed by atoms with E-state index in [1.54, 1.807) is 6.07 Å². The molecular formula is C15H23BrFN. The van der Waals surface area contributed by atoms with Crippen LogP contribution >= 0.6 is 15.9 Å². The molecule has 1 atom stereocenters. The first-order chi connectivity index (χ1) is 8.63. The predicted molar refractivity (Wildman–Crippen MR) is 79.2 cm³/mol. The van der Waals surface area contributed by atoms with E-state index in [-0.39, 0.29) is 5.82 Å². The fraction of sp³-hybridized carbons (Fsp3) is 0.600. The Morgan fingerprint density at radius 2 is 1.89 bits per heavy atom. The van der Waals surface area contributed by atoms with Gasteiger partial charge in [-0.25, -0.2) is 4.39 Å². The average Bonchev–Trinajstić information content (AvgIpc) is 2.38. The standard InChI is InChI=1S/C15H23BrFN/c1-4-9-18-15(11(5-2)6-3)12-7-8-14(17)13(16)10-12/h7-8,10-11,15,18H,4-6,9H2,1-3H3. The summed E-state index contributed by atoms with van der Waals surface area (Å²) < 4.78 is 13.9. The van der Waals surface area contributed by atoms with E-state index in [0.717, 1.165) is 25.8 Å². The van der Waals surface area contributed by atoms with Crippen molar-refractivity contribution in [3.05, 3.63) is 34.1 Å². The Hall–Kier alpha value is -0.410. The third kappa shape index (κ3) is 4.06. The molecule has 0 amide bonds. The third-order valence-corrected chi connectivity index (χ3v) is 4.04. The minimum absolute atomic E-state index is 0.197. The molecule has 1 N–H and O–H groups in total. The van der Waals surface area contributed by atoms with Crippen molar-refractivity contribution in [2.45, 2.75) is 46.1 Å². The molecule has 0 radical (unpaired) electrons. The zero-order chi connectivity index (χ0) is 13.5. The minimum atomic E-state index is -0.197. The van der Waals surface area contributed by atoms with Crippen LogP contribution in [0.5, 0.6) is 0 Å². The van der Waals surface area contributed by atoms with E-state index in [4.69, 9.17) is 0 Å². The lowest BCUT2D eigenvalue weighted by Crippen LogP contribution is -2.28. The summed E-state index contributed by atoms with van der Waals surface area (Å²) in [7, 11) is 0. The van der Waals surface area contributed by atoms with Gasteiger partial charge in [0, 0.05) is 6.04 Å². The van der Waals surface area contributed by atoms with Crippen LogP contribution in [0.15, 0.2) is 22.7 Å². The Bertz CT molecular complexity index is 364. The van der Waals surface area contributed by atoms with Gasteiger partial charge < -0.3 is 5.32 Å². The summed E-state index contributed by atoms with van der Waals surface area (Å²) in [5.74, 6) is 0.395. The maximum Gasteiger partial charge on any atom is 0.137 e. The maximum absolute atomic E-state index is 13.3. The Morgan fingerprint density at radius 3 is 2.39 bits per heavy atom. The summed E-state index contributed by atoms with van der Waals surface area (Å²) in [4.78, 5) is 0. The van der Waals surface area contributed by atoms with E-state index in [0.29, 0.717) is 16.4 Å². The molecule has 3 heteroatoms. The van der Waals surface area contributed by atoms with Crippen LogP contribution in [0, 0.1) is 11.7 Å². The van der Waals surface area contributed by atoms with Crippen molar-refractivity contribution in [3.8, 4) is 0 Å². The smallest absolute Gasteiger partial charge is 0.137 e. The second kappa shape index (κ2) is 7.90. The van der Waals surface area contributed by atoms with Crippen LogP contribution in [0.4, 0.5) is 4.39 Å². The second-order valence-corrected chi connectivity index (χ2v) is 5.54. The highest BCUT2D eigenvalue weighted by molar-refractivity contribution is 9.10. The van der Waals surface area contributed by atoms with Crippen molar-refractivity contribution in [1.29, 1.82) is 0 Å². The van der Waals surface area contributed by atoms with Crippen LogP contribution in [0.3, 0.4) is 0 Å². The first-order valence-electron chi connectivity index (χ1n) is 6.82. The van der Waals surface area contributed by atoms with Gasteiger partial charge in [-0.05, 0) is 52.5 Å². The lowest BCUT2D eigenvalue weighted by atomic mass is 9.88. The quantitative estimate of drug-likeness (QED) is 0.741. The molecule has 1 unspecified atom stereocenters. The van der Waals surface area contributed by atoms with Crippen LogP contribution in [0.2, 0.25) is 0 Å². The molecule has 0 fully saturated rings. The fourth-order valence-corrected chi connectivity index (χ4v) is 2.72. The summed E-state index contributed by atoms with van der Waals surface area (Å²) in [5.41, 5.74) is 1.17. The molecule has 0 saturated heterocycles. The van der Waals surface area contributed by atoms with Gasteiger partial charge in [0.1, 0.15) is 5.82 Å². The molecule has 1 aromatic rings. The largest absolute Gasteiger partial charge is 0.310 e. The second-order valence-electron chi connectivity index (χ2n) is 4.68. The van der Waals surface area contributed by atoms with Gasteiger partial charge in [0.15, 0.2) is 0 Å². The van der Waals surface area contributed by atoms with Crippen molar-refractivity contribution >= 4 is 15.9 Å². The van der Waals surface area contributed by atoms with E-state index < -0.39 is 0 Å². The molecular weight excluding hydrogens is 293 g/mol. The van der Waals surface area contributed by atoms with Crippen molar-refractivity contribution in [1.82, 2.24) is 5.32 Å². The zero-order valence-electron chi connectivity index (χ0n) is 11.5. The van der Waals surface area contributed by atoms with Gasteiger partial charge in [0.2, 0.25) is 0 Å². The summed E-state index contributed by atoms with van der Waals surface area (Å²) in [6.07, 6.45) is 3.37. The molecule has 0 heterocycles. The molecule has 1 aromatic carbocycles. The van der Waals surface area contributed by atoms with Gasteiger partial charge in [-0.2, -0.15) is 0 Å². The molecule has 0 aliphatic heterocycles. The Balaban J connectivity index is 2.96. The molecule has 0 aliphatic rings. The number of hydrogen-bond acceptors (Lipinski definition) is 1. The molecule has 0 aliphatic carbocycles. The lowest BCUT2D eigenvalue weighted by molar-refractivity contribution is 0.341. The highest BCUT2D eigenvalue weighted by atomic mass is 79.9. The summed E-state index contributed by atoms with van der Waals surface area (Å²) in [5, 5.41) is 3.59. The Kier molecular flexibility index (Phi) is 6.87. The predicted octanol–water partition coefficient (Wildman–Crippen LogP) is 5.07. The van der Waals surface area contributed by atoms with Crippen molar-refractivity contribution < 1.29 is 4.39 Å². The Labute approximate surface area is 118 Å². The van der Waals surface area contributed by atoms with Gasteiger partial charge in [-0.1, -0.05) is 39.7 Å². The fourth-order valence-electron chi connectivity index (χ4n) is 2.32. The van der Waals surface area contributed by atoms with Gasteiger partial charge in [-0.3, -0.25) is 0 Å². The van der Waals surface area contributed by atoms with Gasteiger partial charge in [0.25, 0.3) is 0 Å². The van der Waals surface area contributed by atoms with Crippen molar-refractivity contribution in [2.24, 2.45) is 5.92 Å². The van der Waals surface area contributed by atoms with E-state index >= 15 is 0 Å². The van der Waals surface area contributed by atoms with E-state index in [1.807, 2.05) is 12.1 Å². The van der Waals surface area contributed by atoms with Gasteiger partial charge >= 0.3 is 0 Å². The molecule has 18 heavy (non-hydrogen) atoms. The Morgan fingerprint density at radius 1 is 1.22 bits per heavy atom. The number of halogens is 2. The maximum atomic E-state index is 13.3. The number of rotatable bonds is 7. The zero-order valence-corrected chi connectivity index (χ0v) is 13.1. The number of nitrogens with one attached hydrogen (secondary N) is 1. The van der Waals surface area contributed by atoms with Crippen LogP contribution < -0.4 is 5.32 Å². The van der Waals surface area contributed by atoms with Crippen LogP contribution in [-0.2, 0) is 0 Å². The van der Waals surface area contributed by atoms with Crippen molar-refractivity contribution in [3.63, 3.8) is 0 Å². The topological polar surface area (TPSA) is 12.0 Å². The SMILES string of the molecule is CCCNC(c1ccc(F)c(Br)c1)C(CC)CC. The minimum Gasteiger partial charge on any atom is -0.310 e. The summed E-state index contributed by atoms with van der Waals surface area (Å²) >= 11 is 3.27. The molecule has 102 valence electrons. The van der Waals surface area contributed by atoms with Crippen LogP contribution in [-0.4, -0.2) is 6.54 Å². The molecule has 0 bridgehead atoms. The van der Waals surface area contributed by atoms with Gasteiger partial charge in [0.05, 0.1) is 4.47 Å². The summed E-state index contributed by atoms with van der Waals surface area (Å²) in [6.45, 7) is 7.59. The molecule has 0 saturated carbocycles. The lowest BCUT2D eigenvalue weighted by Gasteiger charge is -2.27. The van der Waals surface area contributed by atoms with Crippen molar-refractivity contribution in [2.75, 3.05) is 6.54 Å².